The van der Waals surface area contributed by atoms with Gasteiger partial charge in [0.05, 0.1) is 17.0 Å². The highest BCUT2D eigenvalue weighted by atomic mass is 19.2. The van der Waals surface area contributed by atoms with Crippen molar-refractivity contribution >= 4 is 34.2 Å². The zero-order valence-corrected chi connectivity index (χ0v) is 23.5. The summed E-state index contributed by atoms with van der Waals surface area (Å²) in [6, 6.07) is 0.127. The number of pyridine rings is 1. The number of rotatable bonds is 5. The Balaban J connectivity index is 1.80. The number of nitrogens with two attached hydrogens (primary N) is 1. The average Bonchev–Trinajstić information content (AvgIpc) is 2.99. The zero-order valence-electron chi connectivity index (χ0n) is 23.5. The van der Waals surface area contributed by atoms with Crippen LogP contribution in [0.15, 0.2) is 40.8 Å². The molecular formula is C29H28F5N7O2. The van der Waals surface area contributed by atoms with Crippen LogP contribution >= 0.6 is 0 Å². The van der Waals surface area contributed by atoms with Crippen molar-refractivity contribution in [2.24, 2.45) is 16.8 Å². The number of halogens is 5. The number of amides is 1. The van der Waals surface area contributed by atoms with E-state index in [1.54, 1.807) is 22.1 Å². The molecule has 2 N–H and O–H groups in total. The van der Waals surface area contributed by atoms with E-state index in [1.807, 2.05) is 20.8 Å². The summed E-state index contributed by atoms with van der Waals surface area (Å²) in [5, 5.41) is 0.0191. The third-order valence-electron chi connectivity index (χ3n) is 7.72. The lowest BCUT2D eigenvalue weighted by Gasteiger charge is -2.36. The maximum Gasteiger partial charge on any atom is 0.351 e. The van der Waals surface area contributed by atoms with Gasteiger partial charge in [-0.3, -0.25) is 14.4 Å². The van der Waals surface area contributed by atoms with Crippen LogP contribution < -0.4 is 16.3 Å². The number of hydrogen-bond donors (Lipinski definition) is 1. The lowest BCUT2D eigenvalue weighted by atomic mass is 9.88. The Morgan fingerprint density at radius 3 is 2.35 bits per heavy atom. The van der Waals surface area contributed by atoms with Gasteiger partial charge >= 0.3 is 5.69 Å². The van der Waals surface area contributed by atoms with Crippen LogP contribution in [-0.2, 0) is 4.79 Å². The minimum absolute atomic E-state index is 0.0191. The van der Waals surface area contributed by atoms with E-state index in [-0.39, 0.29) is 60.8 Å². The van der Waals surface area contributed by atoms with Gasteiger partial charge in [0.15, 0.2) is 29.1 Å². The fourth-order valence-electron chi connectivity index (χ4n) is 5.49. The maximum absolute atomic E-state index is 15.8. The van der Waals surface area contributed by atoms with Crippen LogP contribution in [0.2, 0.25) is 0 Å². The number of nitrogens with zero attached hydrogens (tertiary/aromatic N) is 6. The number of piperazine rings is 1. The molecule has 14 heteroatoms. The smallest absolute Gasteiger partial charge is 0.351 e. The number of nitrogen functional groups attached to an aromatic ring is 1. The second-order valence-electron chi connectivity index (χ2n) is 10.7. The van der Waals surface area contributed by atoms with Gasteiger partial charge in [-0.05, 0) is 18.1 Å². The molecule has 9 nitrogen and oxygen atoms in total. The molecule has 1 amide bonds. The van der Waals surface area contributed by atoms with E-state index in [1.165, 1.54) is 10.6 Å². The fourth-order valence-corrected chi connectivity index (χ4v) is 5.49. The first-order chi connectivity index (χ1) is 20.4. The van der Waals surface area contributed by atoms with Gasteiger partial charge in [-0.1, -0.05) is 33.4 Å². The van der Waals surface area contributed by atoms with Crippen molar-refractivity contribution in [3.63, 3.8) is 0 Å². The molecule has 2 atom stereocenters. The van der Waals surface area contributed by atoms with Gasteiger partial charge in [-0.2, -0.15) is 4.98 Å². The predicted molar refractivity (Wildman–Crippen MR) is 152 cm³/mol. The van der Waals surface area contributed by atoms with Gasteiger partial charge in [0.25, 0.3) is 0 Å². The standard InChI is InChI=1S/C29H28F5N7O2/c1-5-17(42)39-8-10-40(11-9-39)27-15-12-16(30)25(18-19(31)21(33)22(34)23(35)20(18)32)37-28(15)41(29(43)38-27)26-14(4)6-7-36-24(26)13(2)3/h5-7,12-14,26H,1,8-11,35H2,2-4H3/t14-,26?/m1/s1. The summed E-state index contributed by atoms with van der Waals surface area (Å²) in [6.07, 6.45) is 4.53. The number of allylic oxidation sites excluding steroid dienone is 1. The van der Waals surface area contributed by atoms with E-state index in [9.17, 15) is 22.8 Å². The van der Waals surface area contributed by atoms with Gasteiger partial charge in [0.2, 0.25) is 5.91 Å². The average molecular weight is 602 g/mol. The van der Waals surface area contributed by atoms with E-state index in [4.69, 9.17) is 5.73 Å². The van der Waals surface area contributed by atoms with Crippen LogP contribution in [0.1, 0.15) is 26.8 Å². The van der Waals surface area contributed by atoms with E-state index < -0.39 is 57.8 Å². The summed E-state index contributed by atoms with van der Waals surface area (Å²) in [5.74, 6) is -9.86. The van der Waals surface area contributed by atoms with Gasteiger partial charge in [-0.25, -0.2) is 31.7 Å². The quantitative estimate of drug-likeness (QED) is 0.153. The van der Waals surface area contributed by atoms with E-state index in [2.05, 4.69) is 21.5 Å². The molecular weight excluding hydrogens is 573 g/mol. The molecule has 2 aliphatic heterocycles. The van der Waals surface area contributed by atoms with E-state index in [0.29, 0.717) is 5.71 Å². The van der Waals surface area contributed by atoms with Gasteiger partial charge in [0.1, 0.15) is 22.8 Å². The summed E-state index contributed by atoms with van der Waals surface area (Å²) >= 11 is 0. The molecule has 2 aliphatic rings. The Kier molecular flexibility index (Phi) is 7.80. The van der Waals surface area contributed by atoms with Crippen molar-refractivity contribution < 1.29 is 26.7 Å². The summed E-state index contributed by atoms with van der Waals surface area (Å²) in [4.78, 5) is 42.0. The second-order valence-corrected chi connectivity index (χ2v) is 10.7. The van der Waals surface area contributed by atoms with Crippen LogP contribution in [0.4, 0.5) is 33.5 Å². The molecule has 4 heterocycles. The summed E-state index contributed by atoms with van der Waals surface area (Å²) in [5.41, 5.74) is 1.20. The molecule has 2 aromatic heterocycles. The molecule has 0 bridgehead atoms. The molecule has 0 saturated carbocycles. The Bertz CT molecular complexity index is 1750. The first kappa shape index (κ1) is 29.9. The third-order valence-corrected chi connectivity index (χ3v) is 7.72. The number of benzene rings is 1. The molecule has 1 fully saturated rings. The van der Waals surface area contributed by atoms with Gasteiger partial charge < -0.3 is 15.5 Å². The van der Waals surface area contributed by atoms with Crippen molar-refractivity contribution in [2.45, 2.75) is 26.8 Å². The molecule has 1 saturated heterocycles. The normalized spacial score (nSPS) is 18.9. The summed E-state index contributed by atoms with van der Waals surface area (Å²) < 4.78 is 75.3. The van der Waals surface area contributed by atoms with Crippen molar-refractivity contribution in [3.05, 3.63) is 70.6 Å². The van der Waals surface area contributed by atoms with Crippen LogP contribution in [0.3, 0.4) is 0 Å². The first-order valence-electron chi connectivity index (χ1n) is 13.5. The minimum Gasteiger partial charge on any atom is -0.394 e. The maximum atomic E-state index is 15.8. The van der Waals surface area contributed by atoms with Crippen LogP contribution in [0, 0.1) is 40.9 Å². The number of aromatic nitrogens is 3. The highest BCUT2D eigenvalue weighted by Crippen LogP contribution is 2.37. The first-order valence-corrected chi connectivity index (χ1v) is 13.5. The molecule has 0 spiro atoms. The molecule has 1 aromatic carbocycles. The summed E-state index contributed by atoms with van der Waals surface area (Å²) in [6.45, 7) is 9.98. The highest BCUT2D eigenvalue weighted by molar-refractivity contribution is 5.95. The molecule has 43 heavy (non-hydrogen) atoms. The van der Waals surface area contributed by atoms with Crippen molar-refractivity contribution in [3.8, 4) is 11.3 Å². The number of fused-ring (bicyclic) bond motifs is 1. The molecule has 0 aliphatic carbocycles. The van der Waals surface area contributed by atoms with Crippen LogP contribution in [0.5, 0.6) is 0 Å². The highest BCUT2D eigenvalue weighted by Gasteiger charge is 2.34. The molecule has 3 aromatic rings. The predicted octanol–water partition coefficient (Wildman–Crippen LogP) is 4.37. The van der Waals surface area contributed by atoms with E-state index in [0.717, 1.165) is 6.07 Å². The largest absolute Gasteiger partial charge is 0.394 e. The lowest BCUT2D eigenvalue weighted by molar-refractivity contribution is -0.126. The lowest BCUT2D eigenvalue weighted by Crippen LogP contribution is -2.49. The van der Waals surface area contributed by atoms with E-state index >= 15 is 8.78 Å². The van der Waals surface area contributed by atoms with Crippen molar-refractivity contribution in [2.75, 3.05) is 36.8 Å². The Labute approximate surface area is 242 Å². The fraction of sp³-hybridized carbons (Fsp3) is 0.345. The summed E-state index contributed by atoms with van der Waals surface area (Å²) in [7, 11) is 0. The van der Waals surface area contributed by atoms with Crippen LogP contribution in [-0.4, -0.2) is 57.2 Å². The number of aliphatic imine (C=N–C) groups is 1. The molecule has 0 radical (unpaired) electrons. The van der Waals surface area contributed by atoms with Crippen molar-refractivity contribution in [1.29, 1.82) is 0 Å². The number of hydrogen-bond acceptors (Lipinski definition) is 7. The Morgan fingerprint density at radius 1 is 1.05 bits per heavy atom. The SMILES string of the molecule is C=CC(=O)N1CCN(c2nc(=O)n(C3C(C(C)C)=NC=C[C@H]3C)c3nc(-c4c(F)c(N)c(F)c(F)c4F)c(F)cc23)CC1. The van der Waals surface area contributed by atoms with Crippen molar-refractivity contribution in [1.82, 2.24) is 19.4 Å². The number of carbonyl (C=O) groups excluding carboxylic acids is 1. The van der Waals surface area contributed by atoms with Crippen LogP contribution in [0.25, 0.3) is 22.3 Å². The molecule has 5 rings (SSSR count). The number of carbonyl (C=O) groups is 1. The van der Waals surface area contributed by atoms with Gasteiger partial charge in [-0.15, -0.1) is 0 Å². The second kappa shape index (κ2) is 11.2. The monoisotopic (exact) mass is 601 g/mol. The molecule has 1 unspecified atom stereocenters. The zero-order chi connectivity index (χ0) is 31.3. The van der Waals surface area contributed by atoms with Gasteiger partial charge in [0, 0.05) is 44.0 Å². The minimum atomic E-state index is -2.10. The third kappa shape index (κ3) is 4.93. The topological polar surface area (TPSA) is 110 Å². The Hall–Kier alpha value is -4.62. The number of anilines is 2. The molecule has 226 valence electrons. The Morgan fingerprint density at radius 2 is 1.72 bits per heavy atom.